The summed E-state index contributed by atoms with van der Waals surface area (Å²) in [6, 6.07) is 5.82. The molecule has 0 fully saturated rings. The topological polar surface area (TPSA) is 81.4 Å². The van der Waals surface area contributed by atoms with Crippen molar-refractivity contribution in [2.75, 3.05) is 11.9 Å². The number of nitrogens with one attached hydrogen (secondary N) is 1. The molecule has 106 valence electrons. The first-order valence-electron chi connectivity index (χ1n) is 6.35. The van der Waals surface area contributed by atoms with Gasteiger partial charge in [-0.2, -0.15) is 15.0 Å². The highest BCUT2D eigenvalue weighted by atomic mass is 35.5. The van der Waals surface area contributed by atoms with Crippen LogP contribution >= 0.6 is 11.6 Å². The summed E-state index contributed by atoms with van der Waals surface area (Å²) in [6.07, 6.45) is 7.52. The molecular weight excluding hydrogens is 290 g/mol. The molecule has 0 bridgehead atoms. The van der Waals surface area contributed by atoms with Crippen molar-refractivity contribution < 1.29 is 0 Å². The summed E-state index contributed by atoms with van der Waals surface area (Å²) in [4.78, 5) is 20.6. The van der Waals surface area contributed by atoms with Crippen molar-refractivity contribution in [2.24, 2.45) is 0 Å². The molecule has 3 heterocycles. The number of imidazole rings is 1. The number of hydrogen-bond donors (Lipinski definition) is 1. The SMILES string of the molecule is Clc1nc(NCCc2ccccn2)nc(-n2ccnc2)n1. The average molecular weight is 302 g/mol. The van der Waals surface area contributed by atoms with Gasteiger partial charge < -0.3 is 5.32 Å². The maximum atomic E-state index is 5.91. The van der Waals surface area contributed by atoms with Gasteiger partial charge in [0.25, 0.3) is 0 Å². The van der Waals surface area contributed by atoms with E-state index in [0.717, 1.165) is 12.1 Å². The molecule has 0 saturated carbocycles. The van der Waals surface area contributed by atoms with Crippen LogP contribution in [0.15, 0.2) is 43.1 Å². The van der Waals surface area contributed by atoms with Crippen LogP contribution in [0.5, 0.6) is 0 Å². The van der Waals surface area contributed by atoms with Crippen LogP contribution in [0.3, 0.4) is 0 Å². The zero-order chi connectivity index (χ0) is 14.5. The van der Waals surface area contributed by atoms with E-state index in [0.29, 0.717) is 18.4 Å². The Morgan fingerprint density at radius 2 is 2.10 bits per heavy atom. The number of pyridine rings is 1. The third kappa shape index (κ3) is 3.51. The summed E-state index contributed by atoms with van der Waals surface area (Å²) in [5, 5.41) is 3.25. The number of rotatable bonds is 5. The normalized spacial score (nSPS) is 10.5. The highest BCUT2D eigenvalue weighted by Crippen LogP contribution is 2.09. The largest absolute Gasteiger partial charge is 0.354 e. The minimum atomic E-state index is 0.133. The second-order valence-corrected chi connectivity index (χ2v) is 4.53. The molecule has 0 spiro atoms. The predicted molar refractivity (Wildman–Crippen MR) is 78.4 cm³/mol. The number of aromatic nitrogens is 6. The van der Waals surface area contributed by atoms with E-state index in [-0.39, 0.29) is 5.28 Å². The summed E-state index contributed by atoms with van der Waals surface area (Å²) in [6.45, 7) is 0.653. The van der Waals surface area contributed by atoms with Gasteiger partial charge in [0.1, 0.15) is 6.33 Å². The lowest BCUT2D eigenvalue weighted by atomic mass is 10.3. The second kappa shape index (κ2) is 6.27. The molecule has 0 aliphatic rings. The summed E-state index contributed by atoms with van der Waals surface area (Å²) < 4.78 is 1.66. The van der Waals surface area contributed by atoms with E-state index in [1.807, 2.05) is 18.2 Å². The lowest BCUT2D eigenvalue weighted by molar-refractivity contribution is 0.878. The summed E-state index contributed by atoms with van der Waals surface area (Å²) in [7, 11) is 0. The fourth-order valence-corrected chi connectivity index (χ4v) is 1.92. The third-order valence-electron chi connectivity index (χ3n) is 2.72. The van der Waals surface area contributed by atoms with Crippen molar-refractivity contribution >= 4 is 17.5 Å². The summed E-state index contributed by atoms with van der Waals surface area (Å²) in [5.41, 5.74) is 1.000. The Morgan fingerprint density at radius 1 is 1.14 bits per heavy atom. The fourth-order valence-electron chi connectivity index (χ4n) is 1.76. The quantitative estimate of drug-likeness (QED) is 0.773. The minimum Gasteiger partial charge on any atom is -0.354 e. The van der Waals surface area contributed by atoms with Gasteiger partial charge in [0.15, 0.2) is 0 Å². The molecule has 0 saturated heterocycles. The molecule has 0 aliphatic heterocycles. The van der Waals surface area contributed by atoms with E-state index in [4.69, 9.17) is 11.6 Å². The Hall–Kier alpha value is -2.54. The van der Waals surface area contributed by atoms with Crippen molar-refractivity contribution in [1.29, 1.82) is 0 Å². The zero-order valence-electron chi connectivity index (χ0n) is 11.0. The Bertz CT molecular complexity index is 700. The van der Waals surface area contributed by atoms with Gasteiger partial charge >= 0.3 is 0 Å². The summed E-state index contributed by atoms with van der Waals surface area (Å²) in [5.74, 6) is 0.850. The van der Waals surface area contributed by atoms with Crippen molar-refractivity contribution in [3.63, 3.8) is 0 Å². The Morgan fingerprint density at radius 3 is 2.86 bits per heavy atom. The molecule has 0 unspecified atom stereocenters. The van der Waals surface area contributed by atoms with E-state index >= 15 is 0 Å². The smallest absolute Gasteiger partial charge is 0.241 e. The van der Waals surface area contributed by atoms with Crippen molar-refractivity contribution in [3.05, 3.63) is 54.1 Å². The Kier molecular flexibility index (Phi) is 4.02. The summed E-state index contributed by atoms with van der Waals surface area (Å²) >= 11 is 5.91. The first-order valence-corrected chi connectivity index (χ1v) is 6.73. The molecule has 3 rings (SSSR count). The molecule has 8 heteroatoms. The van der Waals surface area contributed by atoms with Crippen molar-refractivity contribution in [3.8, 4) is 5.95 Å². The Labute approximate surface area is 126 Å². The molecule has 21 heavy (non-hydrogen) atoms. The first-order chi connectivity index (χ1) is 10.3. The molecule has 1 N–H and O–H groups in total. The van der Waals surface area contributed by atoms with E-state index < -0.39 is 0 Å². The lowest BCUT2D eigenvalue weighted by Gasteiger charge is -2.06. The highest BCUT2D eigenvalue weighted by Gasteiger charge is 2.06. The van der Waals surface area contributed by atoms with Crippen molar-refractivity contribution in [2.45, 2.75) is 6.42 Å². The molecular formula is C13H12ClN7. The van der Waals surface area contributed by atoms with Gasteiger partial charge in [0.2, 0.25) is 17.2 Å². The second-order valence-electron chi connectivity index (χ2n) is 4.20. The molecule has 0 atom stereocenters. The van der Waals surface area contributed by atoms with Crippen LogP contribution in [-0.2, 0) is 6.42 Å². The lowest BCUT2D eigenvalue weighted by Crippen LogP contribution is -2.11. The van der Waals surface area contributed by atoms with Gasteiger partial charge in [-0.1, -0.05) is 6.07 Å². The predicted octanol–water partition coefficient (Wildman–Crippen LogP) is 1.76. The van der Waals surface area contributed by atoms with E-state index in [1.165, 1.54) is 0 Å². The van der Waals surface area contributed by atoms with Crippen molar-refractivity contribution in [1.82, 2.24) is 29.5 Å². The Balaban J connectivity index is 1.68. The molecule has 0 amide bonds. The van der Waals surface area contributed by atoms with Gasteiger partial charge in [-0.25, -0.2) is 4.98 Å². The molecule has 0 aromatic carbocycles. The fraction of sp³-hybridized carbons (Fsp3) is 0.154. The van der Waals surface area contributed by atoms with Crippen LogP contribution in [0.25, 0.3) is 5.95 Å². The van der Waals surface area contributed by atoms with Gasteiger partial charge in [0, 0.05) is 37.3 Å². The molecule has 3 aromatic heterocycles. The van der Waals surface area contributed by atoms with Crippen LogP contribution in [0.4, 0.5) is 5.95 Å². The van der Waals surface area contributed by atoms with Crippen LogP contribution in [0.1, 0.15) is 5.69 Å². The van der Waals surface area contributed by atoms with E-state index in [1.54, 1.807) is 29.5 Å². The monoisotopic (exact) mass is 301 g/mol. The van der Waals surface area contributed by atoms with Gasteiger partial charge in [-0.15, -0.1) is 0 Å². The zero-order valence-corrected chi connectivity index (χ0v) is 11.8. The molecule has 0 aliphatic carbocycles. The third-order valence-corrected chi connectivity index (χ3v) is 2.89. The maximum absolute atomic E-state index is 5.91. The number of anilines is 1. The molecule has 0 radical (unpaired) electrons. The van der Waals surface area contributed by atoms with Crippen LogP contribution < -0.4 is 5.32 Å². The van der Waals surface area contributed by atoms with Gasteiger partial charge in [-0.3, -0.25) is 9.55 Å². The van der Waals surface area contributed by atoms with Gasteiger partial charge in [0.05, 0.1) is 0 Å². The van der Waals surface area contributed by atoms with Crippen LogP contribution in [-0.4, -0.2) is 36.0 Å². The average Bonchev–Trinajstić information content (AvgIpc) is 3.02. The number of hydrogen-bond acceptors (Lipinski definition) is 6. The first kappa shape index (κ1) is 13.4. The molecule has 3 aromatic rings. The highest BCUT2D eigenvalue weighted by molar-refractivity contribution is 6.28. The maximum Gasteiger partial charge on any atom is 0.241 e. The number of halogens is 1. The minimum absolute atomic E-state index is 0.133. The standard InChI is InChI=1S/C13H12ClN7/c14-11-18-12(17-6-4-10-3-1-2-5-16-10)20-13(19-11)21-8-7-15-9-21/h1-3,5,7-9H,4,6H2,(H,17,18,19,20). The van der Waals surface area contributed by atoms with Gasteiger partial charge in [-0.05, 0) is 23.7 Å². The number of nitrogens with zero attached hydrogens (tertiary/aromatic N) is 6. The molecule has 7 nitrogen and oxygen atoms in total. The van der Waals surface area contributed by atoms with E-state index in [9.17, 15) is 0 Å². The van der Waals surface area contributed by atoms with E-state index in [2.05, 4.69) is 30.2 Å². The van der Waals surface area contributed by atoms with Crippen LogP contribution in [0.2, 0.25) is 5.28 Å². The van der Waals surface area contributed by atoms with Crippen LogP contribution in [0, 0.1) is 0 Å².